The highest BCUT2D eigenvalue weighted by Gasteiger charge is 2.25. The molecule has 2 rings (SSSR count). The molecule has 1 aliphatic rings. The molecule has 6 nitrogen and oxygen atoms in total. The van der Waals surface area contributed by atoms with E-state index in [1.807, 2.05) is 0 Å². The number of nitrogens with zero attached hydrogens (tertiary/aromatic N) is 2. The van der Waals surface area contributed by atoms with E-state index in [2.05, 4.69) is 27.9 Å². The van der Waals surface area contributed by atoms with Crippen molar-refractivity contribution >= 4 is 38.5 Å². The number of nitrogens with one attached hydrogen (secondary N) is 1. The second kappa shape index (κ2) is 7.03. The maximum atomic E-state index is 12.4. The summed E-state index contributed by atoms with van der Waals surface area (Å²) < 4.78 is 26.9. The highest BCUT2D eigenvalue weighted by Crippen LogP contribution is 2.16. The van der Waals surface area contributed by atoms with E-state index >= 15 is 0 Å². The Hall–Kier alpha value is -0.710. The van der Waals surface area contributed by atoms with Crippen LogP contribution in [0.4, 0.5) is 0 Å². The van der Waals surface area contributed by atoms with Crippen LogP contribution < -0.4 is 5.32 Å². The first-order valence-electron chi connectivity index (χ1n) is 6.61. The fraction of sp³-hybridized carbons (Fsp3) is 0.462. The van der Waals surface area contributed by atoms with Crippen molar-refractivity contribution in [2.75, 3.05) is 39.8 Å². The first-order chi connectivity index (χ1) is 9.91. The predicted molar refractivity (Wildman–Crippen MR) is 88.4 cm³/mol. The van der Waals surface area contributed by atoms with E-state index in [1.165, 1.54) is 7.05 Å². The van der Waals surface area contributed by atoms with Crippen molar-refractivity contribution in [3.05, 3.63) is 27.8 Å². The Morgan fingerprint density at radius 2 is 1.86 bits per heavy atom. The van der Waals surface area contributed by atoms with E-state index < -0.39 is 10.0 Å². The molecule has 1 aliphatic heterocycles. The van der Waals surface area contributed by atoms with Crippen LogP contribution in [0.3, 0.4) is 0 Å². The fourth-order valence-electron chi connectivity index (χ4n) is 2.08. The maximum Gasteiger partial charge on any atom is 0.243 e. The van der Waals surface area contributed by atoms with Crippen molar-refractivity contribution in [1.82, 2.24) is 14.5 Å². The van der Waals surface area contributed by atoms with E-state index in [9.17, 15) is 13.2 Å². The number of likely N-dealkylation sites (N-methyl/N-ethyl adjacent to an activating group) is 1. The number of piperazine rings is 1. The van der Waals surface area contributed by atoms with Gasteiger partial charge in [-0.15, -0.1) is 0 Å². The van der Waals surface area contributed by atoms with Crippen molar-refractivity contribution in [2.45, 2.75) is 4.90 Å². The molecule has 1 aromatic rings. The molecule has 21 heavy (non-hydrogen) atoms. The molecule has 1 saturated heterocycles. The number of halogens is 1. The minimum Gasteiger partial charge on any atom is -0.339 e. The van der Waals surface area contributed by atoms with Gasteiger partial charge in [-0.1, -0.05) is 0 Å². The Bertz CT molecular complexity index is 598. The molecule has 0 aliphatic carbocycles. The number of hydrogen-bond donors (Lipinski definition) is 1. The number of hydrogen-bond acceptors (Lipinski definition) is 4. The summed E-state index contributed by atoms with van der Waals surface area (Å²) in [7, 11) is -2.18. The van der Waals surface area contributed by atoms with E-state index in [0.29, 0.717) is 13.1 Å². The van der Waals surface area contributed by atoms with E-state index in [-0.39, 0.29) is 17.3 Å². The summed E-state index contributed by atoms with van der Waals surface area (Å²) in [5.74, 6) is -0.159. The summed E-state index contributed by atoms with van der Waals surface area (Å²) in [5.41, 5.74) is 0. The van der Waals surface area contributed by atoms with Crippen LogP contribution in [-0.2, 0) is 14.8 Å². The fourth-order valence-corrected chi connectivity index (χ4v) is 3.56. The van der Waals surface area contributed by atoms with Gasteiger partial charge in [0.15, 0.2) is 0 Å². The van der Waals surface area contributed by atoms with Gasteiger partial charge in [-0.3, -0.25) is 4.79 Å². The zero-order chi connectivity index (χ0) is 15.5. The third kappa shape index (κ3) is 4.15. The molecule has 0 bridgehead atoms. The van der Waals surface area contributed by atoms with Gasteiger partial charge in [0, 0.05) is 36.8 Å². The van der Waals surface area contributed by atoms with Crippen molar-refractivity contribution in [3.8, 4) is 0 Å². The number of rotatable bonds is 4. The number of carbonyl (C=O) groups is 1. The third-order valence-corrected chi connectivity index (χ3v) is 5.89. The van der Waals surface area contributed by atoms with Crippen molar-refractivity contribution < 1.29 is 13.2 Å². The maximum absolute atomic E-state index is 12.4. The van der Waals surface area contributed by atoms with Gasteiger partial charge in [0.1, 0.15) is 0 Å². The Kier molecular flexibility index (Phi) is 5.58. The quantitative estimate of drug-likeness (QED) is 0.710. The Morgan fingerprint density at radius 3 is 2.43 bits per heavy atom. The summed E-state index contributed by atoms with van der Waals surface area (Å²) in [6, 6.07) is 6.59. The van der Waals surface area contributed by atoms with Crippen LogP contribution in [-0.4, -0.2) is 63.3 Å². The molecule has 1 fully saturated rings. The van der Waals surface area contributed by atoms with Crippen molar-refractivity contribution in [3.63, 3.8) is 0 Å². The lowest BCUT2D eigenvalue weighted by atomic mass is 10.3. The average molecular weight is 423 g/mol. The molecule has 0 atom stereocenters. The first-order valence-corrected chi connectivity index (χ1v) is 9.13. The van der Waals surface area contributed by atoms with Crippen LogP contribution in [0.1, 0.15) is 0 Å². The number of amides is 1. The Morgan fingerprint density at radius 1 is 1.29 bits per heavy atom. The van der Waals surface area contributed by atoms with Gasteiger partial charge in [-0.25, -0.2) is 8.42 Å². The van der Waals surface area contributed by atoms with Crippen LogP contribution in [0, 0.1) is 3.57 Å². The lowest BCUT2D eigenvalue weighted by Gasteiger charge is -2.29. The van der Waals surface area contributed by atoms with Gasteiger partial charge < -0.3 is 10.2 Å². The number of benzene rings is 1. The van der Waals surface area contributed by atoms with Crippen LogP contribution in [0.25, 0.3) is 0 Å². The zero-order valence-corrected chi connectivity index (χ0v) is 14.7. The third-order valence-electron chi connectivity index (χ3n) is 3.35. The van der Waals surface area contributed by atoms with Gasteiger partial charge in [0.2, 0.25) is 15.9 Å². The highest BCUT2D eigenvalue weighted by molar-refractivity contribution is 14.1. The number of sulfonamides is 1. The molecular weight excluding hydrogens is 405 g/mol. The highest BCUT2D eigenvalue weighted by atomic mass is 127. The Balaban J connectivity index is 2.06. The van der Waals surface area contributed by atoms with Crippen molar-refractivity contribution in [2.24, 2.45) is 0 Å². The van der Waals surface area contributed by atoms with Gasteiger partial charge in [0.25, 0.3) is 0 Å². The molecule has 0 unspecified atom stereocenters. The molecule has 1 amide bonds. The summed E-state index contributed by atoms with van der Waals surface area (Å²) in [6.45, 7) is 2.61. The van der Waals surface area contributed by atoms with Crippen LogP contribution in [0.5, 0.6) is 0 Å². The summed E-state index contributed by atoms with van der Waals surface area (Å²) >= 11 is 2.12. The topological polar surface area (TPSA) is 69.7 Å². The van der Waals surface area contributed by atoms with Crippen LogP contribution in [0.15, 0.2) is 29.2 Å². The molecule has 0 radical (unpaired) electrons. The lowest BCUT2D eigenvalue weighted by Crippen LogP contribution is -2.49. The molecule has 0 saturated carbocycles. The summed E-state index contributed by atoms with van der Waals surface area (Å²) in [5, 5.41) is 3.16. The second-order valence-corrected chi connectivity index (χ2v) is 8.14. The predicted octanol–water partition coefficient (Wildman–Crippen LogP) is 0.344. The minimum absolute atomic E-state index is 0.131. The zero-order valence-electron chi connectivity index (χ0n) is 11.8. The van der Waals surface area contributed by atoms with E-state index in [0.717, 1.165) is 21.0 Å². The van der Waals surface area contributed by atoms with Crippen LogP contribution in [0.2, 0.25) is 0 Å². The standard InChI is InChI=1S/C13H18IN3O3S/c1-16(10-13(18)17-8-6-15-7-9-17)21(19,20)12-4-2-11(14)3-5-12/h2-5,15H,6-10H2,1H3. The first kappa shape index (κ1) is 16.7. The molecule has 1 heterocycles. The molecule has 1 aromatic carbocycles. The largest absolute Gasteiger partial charge is 0.339 e. The molecule has 0 spiro atoms. The summed E-state index contributed by atoms with van der Waals surface area (Å²) in [6.07, 6.45) is 0. The Labute approximate surface area is 138 Å². The van der Waals surface area contributed by atoms with Gasteiger partial charge in [-0.2, -0.15) is 4.31 Å². The van der Waals surface area contributed by atoms with Gasteiger partial charge >= 0.3 is 0 Å². The monoisotopic (exact) mass is 423 g/mol. The smallest absolute Gasteiger partial charge is 0.243 e. The second-order valence-electron chi connectivity index (χ2n) is 4.85. The van der Waals surface area contributed by atoms with Gasteiger partial charge in [0.05, 0.1) is 11.4 Å². The molecule has 8 heteroatoms. The summed E-state index contributed by atoms with van der Waals surface area (Å²) in [4.78, 5) is 14.0. The van der Waals surface area contributed by atoms with Crippen molar-refractivity contribution in [1.29, 1.82) is 0 Å². The molecular formula is C13H18IN3O3S. The van der Waals surface area contributed by atoms with E-state index in [4.69, 9.17) is 0 Å². The van der Waals surface area contributed by atoms with E-state index in [1.54, 1.807) is 29.2 Å². The van der Waals surface area contributed by atoms with Crippen LogP contribution >= 0.6 is 22.6 Å². The normalized spacial score (nSPS) is 16.2. The minimum atomic E-state index is -3.62. The average Bonchev–Trinajstić information content (AvgIpc) is 2.48. The SMILES string of the molecule is CN(CC(=O)N1CCNCC1)S(=O)(=O)c1ccc(I)cc1. The number of carbonyl (C=O) groups excluding carboxylic acids is 1. The lowest BCUT2D eigenvalue weighted by molar-refractivity contribution is -0.131. The molecule has 1 N–H and O–H groups in total. The van der Waals surface area contributed by atoms with Gasteiger partial charge in [-0.05, 0) is 46.9 Å². The molecule has 0 aromatic heterocycles. The molecule has 116 valence electrons.